The van der Waals surface area contributed by atoms with Gasteiger partial charge in [-0.05, 0) is 195 Å². The van der Waals surface area contributed by atoms with Crippen molar-refractivity contribution >= 4 is 173 Å². The van der Waals surface area contributed by atoms with Crippen LogP contribution in [0.3, 0.4) is 0 Å². The van der Waals surface area contributed by atoms with Gasteiger partial charge in [-0.1, -0.05) is 154 Å². The first-order valence-corrected chi connectivity index (χ1v) is 36.6. The van der Waals surface area contributed by atoms with Crippen LogP contribution in [0.1, 0.15) is 87.7 Å². The number of thioether (sulfide) groups is 1. The second-order valence-electron chi connectivity index (χ2n) is 22.4. The van der Waals surface area contributed by atoms with Crippen LogP contribution in [-0.2, 0) is 21.5 Å². The van der Waals surface area contributed by atoms with Gasteiger partial charge in [-0.3, -0.25) is 4.79 Å². The van der Waals surface area contributed by atoms with E-state index in [1.54, 1.807) is 59.6 Å². The fourth-order valence-electron chi connectivity index (χ4n) is 10.4. The van der Waals surface area contributed by atoms with Crippen LogP contribution in [0.4, 0.5) is 18.9 Å². The van der Waals surface area contributed by atoms with Crippen molar-refractivity contribution in [2.24, 2.45) is 0 Å². The number of thiazole rings is 3. The Morgan fingerprint density at radius 3 is 1.50 bits per heavy atom. The number of carbonyl (C=O) groups excluding carboxylic acids is 1. The molecule has 1 aliphatic rings. The molecule has 0 unspecified atom stereocenters. The van der Waals surface area contributed by atoms with Gasteiger partial charge in [0.1, 0.15) is 11.2 Å². The van der Waals surface area contributed by atoms with E-state index in [4.69, 9.17) is 69.4 Å². The van der Waals surface area contributed by atoms with Crippen LogP contribution in [0.15, 0.2) is 142 Å². The fourth-order valence-corrected chi connectivity index (χ4v) is 15.8. The Morgan fingerprint density at radius 1 is 0.615 bits per heavy atom. The van der Waals surface area contributed by atoms with Gasteiger partial charge in [0.2, 0.25) is 10.5 Å². The molecule has 4 heterocycles. The lowest BCUT2D eigenvalue weighted by Crippen LogP contribution is -2.33. The Labute approximate surface area is 605 Å². The predicted octanol–water partition coefficient (Wildman–Crippen LogP) is 21.7. The quantitative estimate of drug-likeness (QED) is 0.0519. The number of nitrogens with zero attached hydrogens (tertiary/aromatic N) is 4. The third-order valence-electron chi connectivity index (χ3n) is 14.9. The molecule has 0 spiro atoms. The van der Waals surface area contributed by atoms with Crippen molar-refractivity contribution in [3.8, 4) is 33.4 Å². The van der Waals surface area contributed by atoms with Crippen LogP contribution in [0.5, 0.6) is 0 Å². The van der Waals surface area contributed by atoms with E-state index in [-0.39, 0.29) is 13.2 Å². The largest absolute Gasteiger partial charge is 0.741 e. The molecule has 0 fully saturated rings. The molecule has 10 nitrogen and oxygen atoms in total. The number of ketones is 1. The third kappa shape index (κ3) is 19.2. The predicted molar refractivity (Wildman–Crippen MR) is 406 cm³/mol. The molecule has 506 valence electrons. The van der Waals surface area contributed by atoms with E-state index in [0.29, 0.717) is 10.5 Å². The average Bonchev–Trinajstić information content (AvgIpc) is 1.57. The van der Waals surface area contributed by atoms with Crippen LogP contribution in [-0.4, -0.2) is 57.9 Å². The standard InChI is InChI=1S/C20H20ClNOS.C18H19ClNS.C16H14ClNS.C9H8BrNS.C7H8BClO2.CHF3O3S.CH4/c1-5-22-18(11-14(4)23)24-17-9-7-13(3)19(20(17)22)15-10-12(2)6-8-16(15)21;1-5-20-13(4)21-16-9-7-12(3)17(18(16)20)14-10-11(2)6-8-15(14)19;1-9-4-6-13(17)12(8-9)15-10(2)5-7-14-16(15)18-11(3)19-14;1-5-3-4-7-9(8(5)10)11-6(2)12-7;1-5-2-3-7(9)6(4-5)8(10)11;2-1(3,4)8(5,6)7;/h6-11H,5H2,1-4H3;6-10H,5H2,1-4H3;4-8H,1-3H3;3-4H,1-2H3;2-4,10-11H,1H3;(H,5,6,7);1H4/q;+1;;;;;/p-1/b18-11-;;;;;;. The average molecular weight is 1540 g/mol. The maximum atomic E-state index is 11.6. The summed E-state index contributed by atoms with van der Waals surface area (Å²) >= 11 is 35.6. The van der Waals surface area contributed by atoms with Crippen LogP contribution in [0.25, 0.3) is 64.0 Å². The number of rotatable bonds is 7. The number of hydrogen-bond donors (Lipinski definition) is 2. The Morgan fingerprint density at radius 2 is 1.03 bits per heavy atom. The summed E-state index contributed by atoms with van der Waals surface area (Å²) < 4.78 is 66.2. The van der Waals surface area contributed by atoms with Crippen LogP contribution in [0, 0.1) is 76.2 Å². The van der Waals surface area contributed by atoms with Crippen LogP contribution >= 0.6 is 108 Å². The number of anilines is 1. The Kier molecular flexibility index (Phi) is 28.0. The van der Waals surface area contributed by atoms with Crippen molar-refractivity contribution in [1.29, 1.82) is 0 Å². The molecule has 0 radical (unpaired) electrons. The third-order valence-corrected chi connectivity index (χ3v) is 21.8. The first-order valence-electron chi connectivity index (χ1n) is 29.6. The smallest absolute Gasteiger partial charge is 0.489 e. The maximum absolute atomic E-state index is 11.6. The van der Waals surface area contributed by atoms with Gasteiger partial charge in [0.05, 0.1) is 46.7 Å². The van der Waals surface area contributed by atoms with E-state index >= 15 is 0 Å². The topological polar surface area (TPSA) is 148 Å². The summed E-state index contributed by atoms with van der Waals surface area (Å²) in [5, 5.41) is 24.9. The van der Waals surface area contributed by atoms with E-state index in [1.807, 2.05) is 68.5 Å². The molecule has 1 aliphatic heterocycles. The van der Waals surface area contributed by atoms with Crippen molar-refractivity contribution in [3.63, 3.8) is 0 Å². The molecular formula is C72H73BBrCl4F3N4O6S5. The summed E-state index contributed by atoms with van der Waals surface area (Å²) in [6, 6.07) is 40.8. The van der Waals surface area contributed by atoms with Crippen molar-refractivity contribution in [2.45, 2.75) is 121 Å². The van der Waals surface area contributed by atoms with Gasteiger partial charge in [0.25, 0.3) is 0 Å². The fraction of sp³-hybridized carbons (Fsp3) is 0.250. The van der Waals surface area contributed by atoms with Crippen LogP contribution < -0.4 is 14.9 Å². The zero-order chi connectivity index (χ0) is 70.3. The van der Waals surface area contributed by atoms with Gasteiger partial charge in [0.15, 0.2) is 15.9 Å². The molecule has 3 aromatic heterocycles. The Bertz CT molecular complexity index is 4830. The molecule has 0 saturated heterocycles. The number of halogens is 8. The zero-order valence-electron chi connectivity index (χ0n) is 54.5. The van der Waals surface area contributed by atoms with Gasteiger partial charge in [-0.15, -0.1) is 22.7 Å². The number of aromatic nitrogens is 3. The molecule has 12 rings (SSSR count). The molecule has 2 N–H and O–H groups in total. The van der Waals surface area contributed by atoms with Gasteiger partial charge in [0, 0.05) is 82.3 Å². The summed E-state index contributed by atoms with van der Waals surface area (Å²) in [6.45, 7) is 30.5. The molecule has 0 saturated carbocycles. The van der Waals surface area contributed by atoms with Crippen LogP contribution in [0.2, 0.25) is 20.1 Å². The van der Waals surface area contributed by atoms with E-state index in [9.17, 15) is 18.0 Å². The minimum Gasteiger partial charge on any atom is -0.741 e. The summed E-state index contributed by atoms with van der Waals surface area (Å²) in [4.78, 5) is 24.1. The van der Waals surface area contributed by atoms with Crippen molar-refractivity contribution in [3.05, 3.63) is 217 Å². The van der Waals surface area contributed by atoms with Gasteiger partial charge < -0.3 is 19.5 Å². The van der Waals surface area contributed by atoms with Crippen molar-refractivity contribution in [2.75, 3.05) is 11.4 Å². The summed E-state index contributed by atoms with van der Waals surface area (Å²) in [5.74, 6) is 0.0654. The Balaban J connectivity index is 0.000000188. The maximum Gasteiger partial charge on any atom is 0.489 e. The number of benzene rings is 8. The highest BCUT2D eigenvalue weighted by Gasteiger charge is 2.37. The highest BCUT2D eigenvalue weighted by molar-refractivity contribution is 9.10. The highest BCUT2D eigenvalue weighted by atomic mass is 79.9. The second kappa shape index (κ2) is 33.9. The summed E-state index contributed by atoms with van der Waals surface area (Å²) in [6.07, 6.45) is 1.71. The molecule has 11 aromatic rings. The molecule has 0 amide bonds. The molecule has 0 aliphatic carbocycles. The number of fused-ring (bicyclic) bond motifs is 4. The number of carbonyl (C=O) groups is 1. The molecule has 0 atom stereocenters. The van der Waals surface area contributed by atoms with Gasteiger partial charge in [-0.25, -0.2) is 18.4 Å². The molecular weight excluding hydrogens is 1470 g/mol. The summed E-state index contributed by atoms with van der Waals surface area (Å²) in [7, 11) is -7.57. The van der Waals surface area contributed by atoms with E-state index in [1.165, 1.54) is 74.0 Å². The lowest BCUT2D eigenvalue weighted by molar-refractivity contribution is -0.669. The first kappa shape index (κ1) is 79.3. The van der Waals surface area contributed by atoms with E-state index in [2.05, 4.69) is 177 Å². The number of aryl methyl sites for hydroxylation is 12. The zero-order valence-corrected chi connectivity index (χ0v) is 63.2. The number of hydrogen-bond acceptors (Lipinski definition) is 13. The molecule has 24 heteroatoms. The minimum atomic E-state index is -6.09. The first-order chi connectivity index (χ1) is 44.5. The molecule has 96 heavy (non-hydrogen) atoms. The van der Waals surface area contributed by atoms with Gasteiger partial charge in [-0.2, -0.15) is 17.7 Å². The van der Waals surface area contributed by atoms with E-state index < -0.39 is 22.7 Å². The highest BCUT2D eigenvalue weighted by Crippen LogP contribution is 2.53. The lowest BCUT2D eigenvalue weighted by Gasteiger charge is -2.23. The minimum absolute atomic E-state index is 0. The second-order valence-corrected chi connectivity index (χ2v) is 30.9. The molecule has 8 aromatic carbocycles. The van der Waals surface area contributed by atoms with Crippen molar-refractivity contribution < 1.29 is 45.6 Å². The number of allylic oxidation sites excluding steroid dienone is 1. The van der Waals surface area contributed by atoms with E-state index in [0.717, 1.165) is 97.8 Å². The lowest BCUT2D eigenvalue weighted by atomic mass is 9.79. The monoisotopic (exact) mass is 1540 g/mol. The normalized spacial score (nSPS) is 12.1. The SMILES string of the molecule is C.CCN1/C(=C/C(C)=O)Sc2ccc(C)c(-c3cc(C)ccc3Cl)c21.CC[n+]1c(C)sc2ccc(C)c(-c3cc(C)ccc3Cl)c21.Cc1ccc(Cl)c(-c2c(C)ccc3sc(C)nc23)c1.Cc1ccc(Cl)c(B(O)O)c1.Cc1nc2c(Br)c(C)ccc2s1.O=S(=O)([O-])C(F)(F)F. The van der Waals surface area contributed by atoms with Crippen molar-refractivity contribution in [1.82, 2.24) is 9.97 Å². The summed E-state index contributed by atoms with van der Waals surface area (Å²) in [5.41, 5.74) is 15.7. The van der Waals surface area contributed by atoms with Gasteiger partial charge >= 0.3 is 12.6 Å². The Hall–Kier alpha value is -5.69. The number of alkyl halides is 3. The molecule has 0 bridgehead atoms.